The maximum Gasteiger partial charge on any atom is 0.119 e. The van der Waals surface area contributed by atoms with Crippen molar-refractivity contribution in [3.05, 3.63) is 29.3 Å². The third-order valence-corrected chi connectivity index (χ3v) is 4.42. The molecule has 1 aliphatic carbocycles. The fraction of sp³-hybridized carbons (Fsp3) is 0.647. The summed E-state index contributed by atoms with van der Waals surface area (Å²) >= 11 is 5.93. The summed E-state index contributed by atoms with van der Waals surface area (Å²) in [5.41, 5.74) is 0. The molecule has 0 amide bonds. The number of rotatable bonds is 6. The summed E-state index contributed by atoms with van der Waals surface area (Å²) in [6.07, 6.45) is 6.57. The molecule has 0 bridgehead atoms. The van der Waals surface area contributed by atoms with Crippen molar-refractivity contribution in [3.63, 3.8) is 0 Å². The van der Waals surface area contributed by atoms with Crippen LogP contribution >= 0.6 is 11.6 Å². The van der Waals surface area contributed by atoms with E-state index in [1.807, 2.05) is 24.3 Å². The first-order valence-corrected chi connectivity index (χ1v) is 8.26. The number of hydrogen-bond donors (Lipinski definition) is 1. The predicted octanol–water partition coefficient (Wildman–Crippen LogP) is 4.67. The number of benzene rings is 1. The Kier molecular flexibility index (Phi) is 6.18. The van der Waals surface area contributed by atoms with Crippen LogP contribution in [0.25, 0.3) is 0 Å². The van der Waals surface area contributed by atoms with E-state index in [0.717, 1.165) is 29.7 Å². The zero-order chi connectivity index (χ0) is 14.4. The van der Waals surface area contributed by atoms with Crippen molar-refractivity contribution in [2.24, 2.45) is 5.92 Å². The highest BCUT2D eigenvalue weighted by Crippen LogP contribution is 2.31. The van der Waals surface area contributed by atoms with E-state index in [-0.39, 0.29) is 6.10 Å². The first kappa shape index (κ1) is 15.7. The summed E-state index contributed by atoms with van der Waals surface area (Å²) in [4.78, 5) is 0. The van der Waals surface area contributed by atoms with Gasteiger partial charge in [-0.3, -0.25) is 0 Å². The van der Waals surface area contributed by atoms with Crippen LogP contribution in [-0.4, -0.2) is 18.7 Å². The Balaban J connectivity index is 2.00. The van der Waals surface area contributed by atoms with Gasteiger partial charge in [0, 0.05) is 11.1 Å². The van der Waals surface area contributed by atoms with Gasteiger partial charge >= 0.3 is 0 Å². The van der Waals surface area contributed by atoms with Crippen molar-refractivity contribution in [2.45, 2.75) is 58.1 Å². The van der Waals surface area contributed by atoms with Gasteiger partial charge in [0.2, 0.25) is 0 Å². The molecular weight excluding hydrogens is 270 g/mol. The van der Waals surface area contributed by atoms with Crippen molar-refractivity contribution >= 4 is 11.6 Å². The molecule has 1 N–H and O–H groups in total. The molecule has 2 rings (SSSR count). The lowest BCUT2D eigenvalue weighted by atomic mass is 9.81. The van der Waals surface area contributed by atoms with Crippen LogP contribution in [0.4, 0.5) is 0 Å². The summed E-state index contributed by atoms with van der Waals surface area (Å²) in [5, 5.41) is 4.34. The van der Waals surface area contributed by atoms with Gasteiger partial charge in [0.05, 0.1) is 0 Å². The summed E-state index contributed by atoms with van der Waals surface area (Å²) in [7, 11) is 0. The van der Waals surface area contributed by atoms with Gasteiger partial charge in [0.15, 0.2) is 0 Å². The molecular formula is C17H26ClNO. The molecule has 1 fully saturated rings. The fourth-order valence-electron chi connectivity index (χ4n) is 3.20. The van der Waals surface area contributed by atoms with Gasteiger partial charge in [-0.2, -0.15) is 0 Å². The molecule has 1 saturated carbocycles. The molecule has 3 heteroatoms. The first-order chi connectivity index (χ1) is 9.72. The lowest BCUT2D eigenvalue weighted by Crippen LogP contribution is -2.47. The van der Waals surface area contributed by atoms with E-state index in [4.69, 9.17) is 16.3 Å². The third-order valence-electron chi connectivity index (χ3n) is 4.16. The topological polar surface area (TPSA) is 21.3 Å². The Morgan fingerprint density at radius 2 is 1.95 bits per heavy atom. The molecule has 3 atom stereocenters. The molecule has 1 aromatic carbocycles. The van der Waals surface area contributed by atoms with E-state index in [2.05, 4.69) is 19.2 Å². The zero-order valence-corrected chi connectivity index (χ0v) is 13.3. The van der Waals surface area contributed by atoms with Crippen molar-refractivity contribution in [2.75, 3.05) is 6.54 Å². The van der Waals surface area contributed by atoms with E-state index in [9.17, 15) is 0 Å². The first-order valence-electron chi connectivity index (χ1n) is 7.88. The summed E-state index contributed by atoms with van der Waals surface area (Å²) in [6, 6.07) is 8.20. The van der Waals surface area contributed by atoms with E-state index in [0.29, 0.717) is 6.04 Å². The lowest BCUT2D eigenvalue weighted by molar-refractivity contribution is 0.0840. The van der Waals surface area contributed by atoms with E-state index in [1.165, 1.54) is 25.7 Å². The molecule has 1 aliphatic rings. The van der Waals surface area contributed by atoms with E-state index >= 15 is 0 Å². The Hall–Kier alpha value is -0.730. The second-order valence-electron chi connectivity index (χ2n) is 5.74. The van der Waals surface area contributed by atoms with Gasteiger partial charge in [-0.05, 0) is 56.0 Å². The largest absolute Gasteiger partial charge is 0.489 e. The van der Waals surface area contributed by atoms with E-state index < -0.39 is 0 Å². The Morgan fingerprint density at radius 1 is 1.20 bits per heavy atom. The minimum absolute atomic E-state index is 0.279. The molecule has 3 unspecified atom stereocenters. The molecule has 112 valence electrons. The summed E-state index contributed by atoms with van der Waals surface area (Å²) < 4.78 is 6.23. The molecule has 0 saturated heterocycles. The van der Waals surface area contributed by atoms with Crippen LogP contribution in [0, 0.1) is 5.92 Å². The Morgan fingerprint density at radius 3 is 2.60 bits per heavy atom. The van der Waals surface area contributed by atoms with Crippen molar-refractivity contribution in [1.29, 1.82) is 0 Å². The molecule has 1 aromatic rings. The normalized spacial score (nSPS) is 26.4. The third kappa shape index (κ3) is 4.39. The summed E-state index contributed by atoms with van der Waals surface area (Å²) in [6.45, 7) is 5.44. The highest BCUT2D eigenvalue weighted by Gasteiger charge is 2.31. The second-order valence-corrected chi connectivity index (χ2v) is 6.18. The molecule has 0 radical (unpaired) electrons. The maximum absolute atomic E-state index is 6.23. The smallest absolute Gasteiger partial charge is 0.119 e. The number of nitrogens with one attached hydrogen (secondary N) is 1. The molecule has 0 heterocycles. The monoisotopic (exact) mass is 295 g/mol. The minimum atomic E-state index is 0.279. The fourth-order valence-corrected chi connectivity index (χ4v) is 3.32. The van der Waals surface area contributed by atoms with Gasteiger partial charge in [0.1, 0.15) is 11.9 Å². The average molecular weight is 296 g/mol. The Labute approximate surface area is 127 Å². The van der Waals surface area contributed by atoms with Crippen LogP contribution in [0.2, 0.25) is 5.02 Å². The molecule has 0 aliphatic heterocycles. The number of likely N-dealkylation sites (N-methyl/N-ethyl adjacent to an activating group) is 1. The predicted molar refractivity (Wildman–Crippen MR) is 85.6 cm³/mol. The molecule has 0 spiro atoms. The Bertz CT molecular complexity index is 392. The highest BCUT2D eigenvalue weighted by molar-refractivity contribution is 6.30. The number of hydrogen-bond acceptors (Lipinski definition) is 2. The van der Waals surface area contributed by atoms with Crippen LogP contribution in [0.1, 0.15) is 46.0 Å². The van der Waals surface area contributed by atoms with Crippen molar-refractivity contribution in [3.8, 4) is 5.75 Å². The van der Waals surface area contributed by atoms with Gasteiger partial charge in [0.25, 0.3) is 0 Å². The van der Waals surface area contributed by atoms with Crippen LogP contribution in [0.3, 0.4) is 0 Å². The second kappa shape index (κ2) is 7.90. The zero-order valence-electron chi connectivity index (χ0n) is 12.6. The van der Waals surface area contributed by atoms with Crippen molar-refractivity contribution < 1.29 is 4.74 Å². The minimum Gasteiger partial charge on any atom is -0.489 e. The van der Waals surface area contributed by atoms with Crippen LogP contribution in [0.15, 0.2) is 24.3 Å². The molecule has 0 aromatic heterocycles. The lowest BCUT2D eigenvalue weighted by Gasteiger charge is -2.36. The number of halogens is 1. The quantitative estimate of drug-likeness (QED) is 0.824. The standard InChI is InChI=1S/C17H26ClNO/c1-3-5-13-6-11-16(19-4-2)17(12-13)20-15-9-7-14(18)8-10-15/h7-10,13,16-17,19H,3-6,11-12H2,1-2H3. The van der Waals surface area contributed by atoms with Gasteiger partial charge < -0.3 is 10.1 Å². The van der Waals surface area contributed by atoms with E-state index in [1.54, 1.807) is 0 Å². The SMILES string of the molecule is CCCC1CCC(NCC)C(Oc2ccc(Cl)cc2)C1. The molecule has 20 heavy (non-hydrogen) atoms. The highest BCUT2D eigenvalue weighted by atomic mass is 35.5. The van der Waals surface area contributed by atoms with Gasteiger partial charge in [-0.1, -0.05) is 38.3 Å². The maximum atomic E-state index is 6.23. The van der Waals surface area contributed by atoms with Gasteiger partial charge in [-0.25, -0.2) is 0 Å². The molecule has 2 nitrogen and oxygen atoms in total. The van der Waals surface area contributed by atoms with Crippen molar-refractivity contribution in [1.82, 2.24) is 5.32 Å². The van der Waals surface area contributed by atoms with Gasteiger partial charge in [-0.15, -0.1) is 0 Å². The average Bonchev–Trinajstić information content (AvgIpc) is 2.45. The van der Waals surface area contributed by atoms with Crippen LogP contribution < -0.4 is 10.1 Å². The van der Waals surface area contributed by atoms with Crippen LogP contribution in [-0.2, 0) is 0 Å². The van der Waals surface area contributed by atoms with Crippen LogP contribution in [0.5, 0.6) is 5.75 Å². The summed E-state index contributed by atoms with van der Waals surface area (Å²) in [5.74, 6) is 1.74. The number of ether oxygens (including phenoxy) is 1.